The van der Waals surface area contributed by atoms with Gasteiger partial charge in [-0.3, -0.25) is 9.55 Å². The Morgan fingerprint density at radius 1 is 1.22 bits per heavy atom. The fraction of sp³-hybridized carbons (Fsp3) is 0.286. The van der Waals surface area contributed by atoms with E-state index in [4.69, 9.17) is 14.7 Å². The van der Waals surface area contributed by atoms with Crippen molar-refractivity contribution in [3.8, 4) is 0 Å². The van der Waals surface area contributed by atoms with E-state index in [1.807, 2.05) is 0 Å². The Morgan fingerprint density at radius 2 is 1.67 bits per heavy atom. The molecule has 1 rings (SSSR count). The molecule has 0 spiro atoms. The van der Waals surface area contributed by atoms with Gasteiger partial charge in [0.2, 0.25) is 5.08 Å². The van der Waals surface area contributed by atoms with Gasteiger partial charge in [-0.15, -0.1) is 0 Å². The van der Waals surface area contributed by atoms with Gasteiger partial charge in [0, 0.05) is 18.8 Å². The molecule has 0 amide bonds. The van der Waals surface area contributed by atoms with Crippen LogP contribution in [0.1, 0.15) is 5.56 Å². The Hall–Kier alpha value is 0.410. The molecule has 2 atom stereocenters. The van der Waals surface area contributed by atoms with Crippen LogP contribution in [0.5, 0.6) is 0 Å². The fourth-order valence-electron chi connectivity index (χ4n) is 1.14. The third kappa shape index (κ3) is 3.95. The van der Waals surface area contributed by atoms with Crippen LogP contribution in [-0.4, -0.2) is 29.9 Å². The second kappa shape index (κ2) is 6.24. The van der Waals surface area contributed by atoms with Crippen LogP contribution in [-0.2, 0) is 15.6 Å². The molecule has 0 aliphatic carbocycles. The number of aliphatic hydroxyl groups is 1. The van der Waals surface area contributed by atoms with Gasteiger partial charge in [-0.05, 0) is 17.7 Å². The predicted molar refractivity (Wildman–Crippen MR) is 54.8 cm³/mol. The zero-order valence-corrected chi connectivity index (χ0v) is 13.2. The summed E-state index contributed by atoms with van der Waals surface area (Å²) in [5.41, 5.74) is 0.107. The summed E-state index contributed by atoms with van der Waals surface area (Å²) >= 11 is 0. The van der Waals surface area contributed by atoms with Crippen molar-refractivity contribution in [1.29, 1.82) is 0 Å². The van der Waals surface area contributed by atoms with E-state index in [9.17, 15) is 19.1 Å². The third-order valence-electron chi connectivity index (χ3n) is 2.11. The van der Waals surface area contributed by atoms with Crippen molar-refractivity contribution in [2.75, 3.05) is 0 Å². The van der Waals surface area contributed by atoms with Gasteiger partial charge in [0.15, 0.2) is 7.60 Å². The Morgan fingerprint density at radius 3 is 2.00 bits per heavy atom. The van der Waals surface area contributed by atoms with E-state index in [0.29, 0.717) is 0 Å². The van der Waals surface area contributed by atoms with Gasteiger partial charge in [0.1, 0.15) is 0 Å². The molecule has 8 nitrogen and oxygen atoms in total. The third-order valence-corrected chi connectivity index (χ3v) is 5.80. The zero-order valence-electron chi connectivity index (χ0n) is 9.37. The maximum Gasteiger partial charge on any atom is 1.00 e. The van der Waals surface area contributed by atoms with E-state index in [1.165, 1.54) is 24.5 Å². The summed E-state index contributed by atoms with van der Waals surface area (Å²) in [6.07, 6.45) is 1.57. The summed E-state index contributed by atoms with van der Waals surface area (Å²) < 4.78 is 21.9. The van der Waals surface area contributed by atoms with Gasteiger partial charge >= 0.3 is 37.2 Å². The molecule has 1 heterocycles. The Bertz CT molecular complexity index is 462. The van der Waals surface area contributed by atoms with Crippen molar-refractivity contribution < 1.29 is 63.4 Å². The minimum atomic E-state index is -5.65. The number of aromatic nitrogens is 1. The molecule has 0 saturated heterocycles. The normalized spacial score (nSPS) is 18.3. The summed E-state index contributed by atoms with van der Waals surface area (Å²) in [5, 5.41) is 6.00. The molecule has 0 bridgehead atoms. The number of nitrogens with zero attached hydrogens (tertiary/aromatic N) is 1. The van der Waals surface area contributed by atoms with Crippen molar-refractivity contribution >= 4 is 15.2 Å². The average Bonchev–Trinajstić information content (AvgIpc) is 2.15. The van der Waals surface area contributed by atoms with Crippen LogP contribution < -0.4 is 34.5 Å². The second-order valence-corrected chi connectivity index (χ2v) is 7.33. The molecule has 0 aliphatic rings. The van der Waals surface area contributed by atoms with Crippen LogP contribution in [0.25, 0.3) is 0 Å². The average molecular weight is 305 g/mol. The maximum absolute atomic E-state index is 11.0. The molecule has 0 aromatic carbocycles. The molecule has 0 saturated carbocycles. The summed E-state index contributed by atoms with van der Waals surface area (Å²) in [5.74, 6) is 0. The van der Waals surface area contributed by atoms with Gasteiger partial charge in [-0.25, -0.2) is 0 Å². The van der Waals surface area contributed by atoms with E-state index in [1.54, 1.807) is 0 Å². The van der Waals surface area contributed by atoms with E-state index in [2.05, 4.69) is 4.98 Å². The van der Waals surface area contributed by atoms with Gasteiger partial charge < -0.3 is 29.2 Å². The van der Waals surface area contributed by atoms with Crippen LogP contribution >= 0.6 is 15.2 Å². The van der Waals surface area contributed by atoms with Crippen molar-refractivity contribution in [2.24, 2.45) is 0 Å². The number of pyridine rings is 1. The van der Waals surface area contributed by atoms with Crippen LogP contribution in [0.15, 0.2) is 24.5 Å². The summed E-state index contributed by atoms with van der Waals surface area (Å²) in [6.45, 7) is 0. The Kier molecular flexibility index (Phi) is 6.38. The minimum Gasteiger partial charge on any atom is -0.776 e. The van der Waals surface area contributed by atoms with Crippen LogP contribution in [0.3, 0.4) is 0 Å². The van der Waals surface area contributed by atoms with Crippen molar-refractivity contribution in [3.05, 3.63) is 30.1 Å². The largest absolute Gasteiger partial charge is 1.00 e. The summed E-state index contributed by atoms with van der Waals surface area (Å²) in [7, 11) is -11.1. The maximum atomic E-state index is 11.0. The second-order valence-electron chi connectivity index (χ2n) is 3.37. The molecule has 1 aromatic heterocycles. The molecule has 11 heteroatoms. The van der Waals surface area contributed by atoms with Crippen molar-refractivity contribution in [3.63, 3.8) is 0 Å². The standard InChI is InChI=1S/C7H11NO7P2.Na/c9-7(16(10,11)12,17(13,14)15)5-6-1-3-8-4-2-6;/h1-4,9H,5H2,(H2,10,11,12)(H2,13,14,15);/q;+1/p-1. The molecule has 0 radical (unpaired) electrons. The smallest absolute Gasteiger partial charge is 0.776 e. The first-order chi connectivity index (χ1) is 7.58. The topological polar surface area (TPSA) is 151 Å². The molecule has 1 aromatic rings. The van der Waals surface area contributed by atoms with Crippen molar-refractivity contribution in [2.45, 2.75) is 11.5 Å². The van der Waals surface area contributed by atoms with E-state index >= 15 is 0 Å². The molecule has 4 N–H and O–H groups in total. The van der Waals surface area contributed by atoms with Gasteiger partial charge in [-0.1, -0.05) is 0 Å². The Labute approximate surface area is 125 Å². The fourth-order valence-corrected chi connectivity index (χ4v) is 3.23. The first-order valence-electron chi connectivity index (χ1n) is 4.29. The van der Waals surface area contributed by atoms with Crippen molar-refractivity contribution in [1.82, 2.24) is 4.98 Å². The number of hydrogen-bond donors (Lipinski definition) is 4. The minimum absolute atomic E-state index is 0. The van der Waals surface area contributed by atoms with E-state index in [-0.39, 0.29) is 35.1 Å². The predicted octanol–water partition coefficient (Wildman–Crippen LogP) is -4.00. The van der Waals surface area contributed by atoms with Crippen LogP contribution in [0, 0.1) is 0 Å². The first kappa shape index (κ1) is 18.4. The quantitative estimate of drug-likeness (QED) is 0.324. The number of hydrogen-bond acceptors (Lipinski definition) is 5. The van der Waals surface area contributed by atoms with Gasteiger partial charge in [0.25, 0.3) is 0 Å². The SMILES string of the molecule is O=P([O-])(O)C(O)(Cc1ccncc1)P(=O)(O)O.[Na+]. The number of rotatable bonds is 4. The molecular weight excluding hydrogens is 295 g/mol. The van der Waals surface area contributed by atoms with Crippen LogP contribution in [0.2, 0.25) is 0 Å². The van der Waals surface area contributed by atoms with Gasteiger partial charge in [-0.2, -0.15) is 0 Å². The monoisotopic (exact) mass is 305 g/mol. The zero-order chi connectivity index (χ0) is 13.3. The molecular formula is C7H10NNaO7P2. The molecule has 18 heavy (non-hydrogen) atoms. The van der Waals surface area contributed by atoms with Gasteiger partial charge in [0.05, 0.1) is 0 Å². The summed E-state index contributed by atoms with van der Waals surface area (Å²) in [4.78, 5) is 41.0. The van der Waals surface area contributed by atoms with E-state index in [0.717, 1.165) is 0 Å². The molecule has 0 fully saturated rings. The van der Waals surface area contributed by atoms with Crippen LogP contribution in [0.4, 0.5) is 0 Å². The Balaban J connectivity index is 0.00000289. The van der Waals surface area contributed by atoms with E-state index < -0.39 is 26.7 Å². The first-order valence-corrected chi connectivity index (χ1v) is 7.48. The molecule has 96 valence electrons. The summed E-state index contributed by atoms with van der Waals surface area (Å²) in [6, 6.07) is 2.52. The molecule has 0 aliphatic heterocycles. The molecule has 2 unspecified atom stereocenters.